The molecule has 2 aromatic heterocycles. The molecule has 1 aromatic carbocycles. The Bertz CT molecular complexity index is 984. The van der Waals surface area contributed by atoms with Gasteiger partial charge in [-0.05, 0) is 29.7 Å². The van der Waals surface area contributed by atoms with Gasteiger partial charge in [0.15, 0.2) is 5.75 Å². The third-order valence-electron chi connectivity index (χ3n) is 4.37. The number of piperazine rings is 1. The Morgan fingerprint density at radius 3 is 2.56 bits per heavy atom. The third kappa shape index (κ3) is 3.74. The van der Waals surface area contributed by atoms with Gasteiger partial charge in [-0.2, -0.15) is 0 Å². The van der Waals surface area contributed by atoms with E-state index in [0.717, 1.165) is 10.1 Å². The summed E-state index contributed by atoms with van der Waals surface area (Å²) in [6, 6.07) is 10.9. The maximum atomic E-state index is 12.8. The zero-order valence-corrected chi connectivity index (χ0v) is 15.9. The first-order chi connectivity index (χ1) is 13.1. The molecule has 0 radical (unpaired) electrons. The molecule has 0 aliphatic carbocycles. The molecule has 8 heteroatoms. The average Bonchev–Trinajstić information content (AvgIpc) is 3.14. The van der Waals surface area contributed by atoms with Crippen LogP contribution < -0.4 is 4.74 Å². The van der Waals surface area contributed by atoms with Gasteiger partial charge in [0.25, 0.3) is 5.91 Å². The fourth-order valence-corrected chi connectivity index (χ4v) is 4.28. The van der Waals surface area contributed by atoms with Crippen molar-refractivity contribution in [2.75, 3.05) is 26.2 Å². The first-order valence-corrected chi connectivity index (χ1v) is 9.65. The summed E-state index contributed by atoms with van der Waals surface area (Å²) in [6.45, 7) is 1.78. The molecule has 0 N–H and O–H groups in total. The van der Waals surface area contributed by atoms with Crippen LogP contribution >= 0.6 is 22.9 Å². The number of hydrogen-bond donors (Lipinski definition) is 0. The van der Waals surface area contributed by atoms with Crippen LogP contribution in [0.1, 0.15) is 9.67 Å². The van der Waals surface area contributed by atoms with Crippen LogP contribution in [0.2, 0.25) is 5.02 Å². The van der Waals surface area contributed by atoms with Crippen molar-refractivity contribution in [3.05, 3.63) is 58.7 Å². The number of thiophene rings is 1. The van der Waals surface area contributed by atoms with Crippen molar-refractivity contribution in [1.82, 2.24) is 14.8 Å². The van der Waals surface area contributed by atoms with Crippen molar-refractivity contribution < 1.29 is 14.3 Å². The molecule has 0 spiro atoms. The van der Waals surface area contributed by atoms with Gasteiger partial charge in [0.1, 0.15) is 0 Å². The smallest absolute Gasteiger partial charge is 0.409 e. The van der Waals surface area contributed by atoms with E-state index in [1.54, 1.807) is 28.1 Å². The van der Waals surface area contributed by atoms with Crippen LogP contribution in [0.5, 0.6) is 5.75 Å². The summed E-state index contributed by atoms with van der Waals surface area (Å²) in [5, 5.41) is 1.62. The monoisotopic (exact) mass is 401 g/mol. The molecule has 0 bridgehead atoms. The van der Waals surface area contributed by atoms with E-state index in [4.69, 9.17) is 16.3 Å². The standard InChI is InChI=1S/C19H16ClN3O3S/c20-15-5-1-3-13-11-16(27-17(13)15)18(24)22-7-9-23(10-8-22)19(25)26-14-4-2-6-21-12-14/h1-6,11-12H,7-10H2. The molecule has 1 fully saturated rings. The third-order valence-corrected chi connectivity index (χ3v) is 5.97. The van der Waals surface area contributed by atoms with Crippen molar-refractivity contribution in [1.29, 1.82) is 0 Å². The molecule has 0 saturated carbocycles. The van der Waals surface area contributed by atoms with E-state index >= 15 is 0 Å². The Labute approximate surface area is 164 Å². The largest absolute Gasteiger partial charge is 0.415 e. The molecule has 1 aliphatic rings. The van der Waals surface area contributed by atoms with E-state index < -0.39 is 6.09 Å². The van der Waals surface area contributed by atoms with Gasteiger partial charge in [-0.1, -0.05) is 23.7 Å². The van der Waals surface area contributed by atoms with E-state index in [-0.39, 0.29) is 5.91 Å². The number of hydrogen-bond acceptors (Lipinski definition) is 5. The first kappa shape index (κ1) is 17.8. The van der Waals surface area contributed by atoms with Crippen LogP contribution in [-0.2, 0) is 0 Å². The van der Waals surface area contributed by atoms with Crippen LogP contribution in [-0.4, -0.2) is 53.0 Å². The maximum Gasteiger partial charge on any atom is 0.415 e. The van der Waals surface area contributed by atoms with Crippen molar-refractivity contribution >= 4 is 45.0 Å². The summed E-state index contributed by atoms with van der Waals surface area (Å²) < 4.78 is 6.21. The summed E-state index contributed by atoms with van der Waals surface area (Å²) in [5.74, 6) is 0.371. The molecule has 2 amide bonds. The minimum absolute atomic E-state index is 0.0347. The number of ether oxygens (including phenoxy) is 1. The lowest BCUT2D eigenvalue weighted by Gasteiger charge is -2.33. The lowest BCUT2D eigenvalue weighted by atomic mass is 10.2. The van der Waals surface area contributed by atoms with E-state index in [1.165, 1.54) is 17.5 Å². The normalized spacial score (nSPS) is 14.4. The van der Waals surface area contributed by atoms with Gasteiger partial charge < -0.3 is 14.5 Å². The molecular weight excluding hydrogens is 386 g/mol. The molecular formula is C19H16ClN3O3S. The van der Waals surface area contributed by atoms with Gasteiger partial charge in [-0.3, -0.25) is 9.78 Å². The minimum atomic E-state index is -0.427. The Hall–Kier alpha value is -2.64. The van der Waals surface area contributed by atoms with Crippen LogP contribution in [0, 0.1) is 0 Å². The number of amides is 2. The summed E-state index contributed by atoms with van der Waals surface area (Å²) in [6.07, 6.45) is 2.68. The highest BCUT2D eigenvalue weighted by molar-refractivity contribution is 7.21. The number of rotatable bonds is 2. The Morgan fingerprint density at radius 2 is 1.85 bits per heavy atom. The number of aromatic nitrogens is 1. The number of pyridine rings is 1. The van der Waals surface area contributed by atoms with Crippen molar-refractivity contribution in [2.24, 2.45) is 0 Å². The van der Waals surface area contributed by atoms with Gasteiger partial charge in [-0.25, -0.2) is 4.79 Å². The lowest BCUT2D eigenvalue weighted by molar-refractivity contribution is 0.0638. The number of carbonyl (C=O) groups excluding carboxylic acids is 2. The second-order valence-corrected chi connectivity index (χ2v) is 7.56. The van der Waals surface area contributed by atoms with E-state index in [0.29, 0.717) is 41.8 Å². The predicted octanol–water partition coefficient (Wildman–Crippen LogP) is 3.91. The van der Waals surface area contributed by atoms with Gasteiger partial charge in [0.2, 0.25) is 0 Å². The second-order valence-electron chi connectivity index (χ2n) is 6.10. The quantitative estimate of drug-likeness (QED) is 0.653. The molecule has 138 valence electrons. The highest BCUT2D eigenvalue weighted by Gasteiger charge is 2.27. The Morgan fingerprint density at radius 1 is 1.07 bits per heavy atom. The molecule has 4 rings (SSSR count). The van der Waals surface area contributed by atoms with E-state index in [2.05, 4.69) is 4.98 Å². The lowest BCUT2D eigenvalue weighted by Crippen LogP contribution is -2.51. The Kier molecular flexibility index (Phi) is 4.96. The highest BCUT2D eigenvalue weighted by Crippen LogP contribution is 2.32. The van der Waals surface area contributed by atoms with Crippen molar-refractivity contribution in [3.63, 3.8) is 0 Å². The zero-order chi connectivity index (χ0) is 18.8. The highest BCUT2D eigenvalue weighted by atomic mass is 35.5. The van der Waals surface area contributed by atoms with Gasteiger partial charge in [-0.15, -0.1) is 11.3 Å². The topological polar surface area (TPSA) is 62.7 Å². The summed E-state index contributed by atoms with van der Waals surface area (Å²) >= 11 is 7.60. The number of fused-ring (bicyclic) bond motifs is 1. The van der Waals surface area contributed by atoms with Gasteiger partial charge in [0.05, 0.1) is 20.8 Å². The van der Waals surface area contributed by atoms with Gasteiger partial charge >= 0.3 is 6.09 Å². The summed E-state index contributed by atoms with van der Waals surface area (Å²) in [4.78, 5) is 33.0. The Balaban J connectivity index is 1.39. The molecule has 0 unspecified atom stereocenters. The van der Waals surface area contributed by atoms with E-state index in [9.17, 15) is 9.59 Å². The fraction of sp³-hybridized carbons (Fsp3) is 0.211. The molecule has 3 aromatic rings. The summed E-state index contributed by atoms with van der Waals surface area (Å²) in [5.41, 5.74) is 0. The molecule has 0 atom stereocenters. The zero-order valence-electron chi connectivity index (χ0n) is 14.3. The second kappa shape index (κ2) is 7.54. The van der Waals surface area contributed by atoms with Crippen LogP contribution in [0.15, 0.2) is 48.8 Å². The van der Waals surface area contributed by atoms with Crippen LogP contribution in [0.4, 0.5) is 4.79 Å². The molecule has 1 aliphatic heterocycles. The average molecular weight is 402 g/mol. The molecule has 6 nitrogen and oxygen atoms in total. The summed E-state index contributed by atoms with van der Waals surface area (Å²) in [7, 11) is 0. The number of nitrogens with zero attached hydrogens (tertiary/aromatic N) is 3. The molecule has 3 heterocycles. The van der Waals surface area contributed by atoms with Gasteiger partial charge in [0, 0.05) is 32.4 Å². The maximum absolute atomic E-state index is 12.8. The SMILES string of the molecule is O=C(Oc1cccnc1)N1CCN(C(=O)c2cc3cccc(Cl)c3s2)CC1. The van der Waals surface area contributed by atoms with Crippen molar-refractivity contribution in [2.45, 2.75) is 0 Å². The molecule has 1 saturated heterocycles. The molecule has 27 heavy (non-hydrogen) atoms. The first-order valence-electron chi connectivity index (χ1n) is 8.46. The van der Waals surface area contributed by atoms with E-state index in [1.807, 2.05) is 24.3 Å². The van der Waals surface area contributed by atoms with Crippen molar-refractivity contribution in [3.8, 4) is 5.75 Å². The number of halogens is 1. The number of benzene rings is 1. The number of carbonyl (C=O) groups is 2. The predicted molar refractivity (Wildman–Crippen MR) is 105 cm³/mol. The van der Waals surface area contributed by atoms with Crippen LogP contribution in [0.3, 0.4) is 0 Å². The fourth-order valence-electron chi connectivity index (χ4n) is 2.95. The van der Waals surface area contributed by atoms with Crippen LogP contribution in [0.25, 0.3) is 10.1 Å². The minimum Gasteiger partial charge on any atom is -0.409 e.